The van der Waals surface area contributed by atoms with Gasteiger partial charge in [-0.2, -0.15) is 5.26 Å². The van der Waals surface area contributed by atoms with Crippen molar-refractivity contribution in [1.82, 2.24) is 0 Å². The van der Waals surface area contributed by atoms with Gasteiger partial charge in [0.15, 0.2) is 18.1 Å². The minimum Gasteiger partial charge on any atom is -0.490 e. The number of rotatable bonds is 9. The summed E-state index contributed by atoms with van der Waals surface area (Å²) in [5.74, 6) is -0.244. The van der Waals surface area contributed by atoms with Gasteiger partial charge in [0.1, 0.15) is 11.6 Å². The van der Waals surface area contributed by atoms with Crippen LogP contribution < -0.4 is 20.1 Å². The van der Waals surface area contributed by atoms with E-state index in [0.29, 0.717) is 44.5 Å². The zero-order chi connectivity index (χ0) is 26.1. The molecule has 0 saturated heterocycles. The van der Waals surface area contributed by atoms with Crippen molar-refractivity contribution in [1.29, 1.82) is 5.26 Å². The Bertz CT molecular complexity index is 1340. The van der Waals surface area contributed by atoms with Crippen molar-refractivity contribution in [3.05, 3.63) is 86.9 Å². The first-order valence-electron chi connectivity index (χ1n) is 10.9. The highest BCUT2D eigenvalue weighted by atomic mass is 79.9. The van der Waals surface area contributed by atoms with E-state index in [2.05, 4.69) is 26.6 Å². The van der Waals surface area contributed by atoms with Crippen molar-refractivity contribution in [2.45, 2.75) is 13.8 Å². The molecule has 0 radical (unpaired) electrons. The number of hydrogen-bond donors (Lipinski definition) is 2. The lowest BCUT2D eigenvalue weighted by molar-refractivity contribution is -0.118. The van der Waals surface area contributed by atoms with Gasteiger partial charge in [0.2, 0.25) is 0 Å². The van der Waals surface area contributed by atoms with Gasteiger partial charge in [-0.1, -0.05) is 35.9 Å². The van der Waals surface area contributed by atoms with Crippen molar-refractivity contribution < 1.29 is 19.1 Å². The Morgan fingerprint density at radius 3 is 2.47 bits per heavy atom. The molecule has 0 atom stereocenters. The first-order valence-corrected chi connectivity index (χ1v) is 12.1. The van der Waals surface area contributed by atoms with Crippen LogP contribution in [0.2, 0.25) is 5.02 Å². The van der Waals surface area contributed by atoms with E-state index in [1.807, 2.05) is 32.0 Å². The molecule has 0 saturated carbocycles. The number of benzene rings is 3. The molecule has 0 spiro atoms. The summed E-state index contributed by atoms with van der Waals surface area (Å²) < 4.78 is 11.9. The third kappa shape index (κ3) is 7.35. The number of carbonyl (C=O) groups is 2. The average molecular weight is 569 g/mol. The molecule has 0 bridgehead atoms. The second-order valence-corrected chi connectivity index (χ2v) is 8.82. The molecule has 3 aromatic carbocycles. The largest absolute Gasteiger partial charge is 0.490 e. The van der Waals surface area contributed by atoms with Crippen LogP contribution >= 0.6 is 27.5 Å². The Morgan fingerprint density at radius 2 is 1.81 bits per heavy atom. The molecule has 2 N–H and O–H groups in total. The van der Waals surface area contributed by atoms with Gasteiger partial charge in [-0.25, -0.2) is 0 Å². The van der Waals surface area contributed by atoms with E-state index >= 15 is 0 Å². The summed E-state index contributed by atoms with van der Waals surface area (Å²) >= 11 is 9.55. The van der Waals surface area contributed by atoms with E-state index in [9.17, 15) is 14.9 Å². The Labute approximate surface area is 222 Å². The first kappa shape index (κ1) is 26.8. The number of halogens is 2. The summed E-state index contributed by atoms with van der Waals surface area (Å²) in [6.07, 6.45) is 1.45. The van der Waals surface area contributed by atoms with E-state index in [-0.39, 0.29) is 18.1 Å². The van der Waals surface area contributed by atoms with E-state index in [1.54, 1.807) is 48.5 Å². The molecule has 0 aliphatic rings. The Morgan fingerprint density at radius 1 is 1.06 bits per heavy atom. The van der Waals surface area contributed by atoms with Crippen molar-refractivity contribution in [2.24, 2.45) is 0 Å². The zero-order valence-electron chi connectivity index (χ0n) is 19.6. The minimum absolute atomic E-state index is 0.0852. The smallest absolute Gasteiger partial charge is 0.266 e. The highest BCUT2D eigenvalue weighted by Gasteiger charge is 2.16. The summed E-state index contributed by atoms with van der Waals surface area (Å²) in [6.45, 7) is 3.74. The van der Waals surface area contributed by atoms with Crippen molar-refractivity contribution >= 4 is 56.8 Å². The lowest BCUT2D eigenvalue weighted by Gasteiger charge is -2.15. The lowest BCUT2D eigenvalue weighted by Crippen LogP contribution is -2.20. The molecule has 0 fully saturated rings. The standard InChI is InChI=1S/C27H23BrClN3O4/c1-3-35-24-13-18(11-19(15-30)27(34)32-20-7-5-4-6-8-20)12-22(28)26(24)36-16-25(33)31-21-10-9-17(2)23(29)14-21/h4-14H,3,16H2,1-2H3,(H,31,33)(H,32,34)/b19-11+. The van der Waals surface area contributed by atoms with Gasteiger partial charge >= 0.3 is 0 Å². The van der Waals surface area contributed by atoms with Crippen LogP contribution in [-0.2, 0) is 9.59 Å². The van der Waals surface area contributed by atoms with Gasteiger partial charge in [0, 0.05) is 16.4 Å². The fourth-order valence-electron chi connectivity index (χ4n) is 3.11. The van der Waals surface area contributed by atoms with Gasteiger partial charge < -0.3 is 20.1 Å². The number of nitrogens with zero attached hydrogens (tertiary/aromatic N) is 1. The Kier molecular flexibility index (Phi) is 9.51. The topological polar surface area (TPSA) is 100 Å². The van der Waals surface area contributed by atoms with Crippen LogP contribution in [0.25, 0.3) is 6.08 Å². The third-order valence-electron chi connectivity index (χ3n) is 4.84. The van der Waals surface area contributed by atoms with Gasteiger partial charge in [-0.05, 0) is 83.4 Å². The SMILES string of the molecule is CCOc1cc(/C=C(\C#N)C(=O)Nc2ccccc2)cc(Br)c1OCC(=O)Nc1ccc(C)c(Cl)c1. The van der Waals surface area contributed by atoms with Crippen LogP contribution in [0.15, 0.2) is 70.7 Å². The molecule has 3 rings (SSSR count). The van der Waals surface area contributed by atoms with Crippen LogP contribution in [0.4, 0.5) is 11.4 Å². The van der Waals surface area contributed by atoms with E-state index in [4.69, 9.17) is 21.1 Å². The predicted molar refractivity (Wildman–Crippen MR) is 144 cm³/mol. The molecule has 7 nitrogen and oxygen atoms in total. The van der Waals surface area contributed by atoms with Gasteiger partial charge in [0.25, 0.3) is 11.8 Å². The zero-order valence-corrected chi connectivity index (χ0v) is 21.9. The number of nitrogens with one attached hydrogen (secondary N) is 2. The van der Waals surface area contributed by atoms with Crippen LogP contribution in [0, 0.1) is 18.3 Å². The van der Waals surface area contributed by atoms with Crippen molar-refractivity contribution in [3.63, 3.8) is 0 Å². The molecule has 2 amide bonds. The average Bonchev–Trinajstić information content (AvgIpc) is 2.85. The van der Waals surface area contributed by atoms with Gasteiger partial charge in [-0.3, -0.25) is 9.59 Å². The second kappa shape index (κ2) is 12.8. The Hall–Kier alpha value is -3.80. The van der Waals surface area contributed by atoms with Gasteiger partial charge in [-0.15, -0.1) is 0 Å². The van der Waals surface area contributed by atoms with Crippen LogP contribution in [0.3, 0.4) is 0 Å². The van der Waals surface area contributed by atoms with Crippen LogP contribution in [0.1, 0.15) is 18.1 Å². The van der Waals surface area contributed by atoms with Gasteiger partial charge in [0.05, 0.1) is 11.1 Å². The molecule has 0 unspecified atom stereocenters. The van der Waals surface area contributed by atoms with Crippen molar-refractivity contribution in [3.8, 4) is 17.6 Å². The predicted octanol–water partition coefficient (Wildman–Crippen LogP) is 6.37. The highest BCUT2D eigenvalue weighted by Crippen LogP contribution is 2.37. The monoisotopic (exact) mass is 567 g/mol. The minimum atomic E-state index is -0.536. The fraction of sp³-hybridized carbons (Fsp3) is 0.148. The van der Waals surface area contributed by atoms with E-state index in [0.717, 1.165) is 5.56 Å². The molecule has 3 aromatic rings. The normalized spacial score (nSPS) is 10.8. The second-order valence-electron chi connectivity index (χ2n) is 7.55. The first-order chi connectivity index (χ1) is 17.3. The third-order valence-corrected chi connectivity index (χ3v) is 5.84. The maximum Gasteiger partial charge on any atom is 0.266 e. The molecular formula is C27H23BrClN3O4. The van der Waals surface area contributed by atoms with Crippen LogP contribution in [0.5, 0.6) is 11.5 Å². The molecular weight excluding hydrogens is 546 g/mol. The molecule has 184 valence electrons. The van der Waals surface area contributed by atoms with Crippen LogP contribution in [-0.4, -0.2) is 25.0 Å². The number of para-hydroxylation sites is 1. The van der Waals surface area contributed by atoms with E-state index in [1.165, 1.54) is 6.08 Å². The molecule has 0 aromatic heterocycles. The number of ether oxygens (including phenoxy) is 2. The molecule has 36 heavy (non-hydrogen) atoms. The number of hydrogen-bond acceptors (Lipinski definition) is 5. The van der Waals surface area contributed by atoms with E-state index < -0.39 is 5.91 Å². The number of amides is 2. The quantitative estimate of drug-likeness (QED) is 0.231. The number of aryl methyl sites for hydroxylation is 1. The number of carbonyl (C=O) groups excluding carboxylic acids is 2. The summed E-state index contributed by atoms with van der Waals surface area (Å²) in [5.41, 5.74) is 2.49. The molecule has 9 heteroatoms. The highest BCUT2D eigenvalue weighted by molar-refractivity contribution is 9.10. The van der Waals surface area contributed by atoms with Crippen molar-refractivity contribution in [2.75, 3.05) is 23.8 Å². The summed E-state index contributed by atoms with van der Waals surface area (Å²) in [6, 6.07) is 19.3. The summed E-state index contributed by atoms with van der Waals surface area (Å²) in [7, 11) is 0. The maximum absolute atomic E-state index is 12.6. The Balaban J connectivity index is 1.76. The molecule has 0 heterocycles. The molecule has 0 aliphatic carbocycles. The summed E-state index contributed by atoms with van der Waals surface area (Å²) in [5, 5.41) is 15.5. The summed E-state index contributed by atoms with van der Waals surface area (Å²) in [4.78, 5) is 25.0. The number of nitriles is 1. The molecule has 0 aliphatic heterocycles. The number of anilines is 2. The fourth-order valence-corrected chi connectivity index (χ4v) is 3.87. The lowest BCUT2D eigenvalue weighted by atomic mass is 10.1. The maximum atomic E-state index is 12.6.